The van der Waals surface area contributed by atoms with Gasteiger partial charge in [-0.15, -0.1) is 0 Å². The maximum atomic E-state index is 11.5. The molecule has 104 valence electrons. The van der Waals surface area contributed by atoms with Gasteiger partial charge in [0.05, 0.1) is 20.1 Å². The topological polar surface area (TPSA) is 52.6 Å². The van der Waals surface area contributed by atoms with Crippen LogP contribution in [0.5, 0.6) is 5.75 Å². The third-order valence-electron chi connectivity index (χ3n) is 2.50. The number of carbonyl (C=O) groups is 2. The molecule has 1 rings (SSSR count). The summed E-state index contributed by atoms with van der Waals surface area (Å²) in [6.45, 7) is 0.487. The van der Waals surface area contributed by atoms with E-state index >= 15 is 0 Å². The van der Waals surface area contributed by atoms with Crippen LogP contribution in [0.3, 0.4) is 0 Å². The van der Waals surface area contributed by atoms with Crippen molar-refractivity contribution in [3.05, 3.63) is 28.7 Å². The highest BCUT2D eigenvalue weighted by atomic mass is 79.9. The van der Waals surface area contributed by atoms with Crippen LogP contribution in [-0.4, -0.2) is 25.5 Å². The Morgan fingerprint density at radius 3 is 2.68 bits per heavy atom. The summed E-state index contributed by atoms with van der Waals surface area (Å²) in [6, 6.07) is 7.55. The van der Waals surface area contributed by atoms with E-state index in [-0.39, 0.29) is 24.6 Å². The van der Waals surface area contributed by atoms with Crippen LogP contribution >= 0.6 is 15.9 Å². The van der Waals surface area contributed by atoms with E-state index in [0.29, 0.717) is 19.4 Å². The number of Topliss-reactive ketones (excluding diaryl/α,β-unsaturated/α-hetero) is 1. The van der Waals surface area contributed by atoms with E-state index in [1.54, 1.807) is 0 Å². The molecule has 1 aromatic rings. The number of ether oxygens (including phenoxy) is 2. The molecule has 0 saturated heterocycles. The summed E-state index contributed by atoms with van der Waals surface area (Å²) >= 11 is 3.36. The second-order valence-corrected chi connectivity index (χ2v) is 4.94. The number of esters is 1. The van der Waals surface area contributed by atoms with Gasteiger partial charge in [0.15, 0.2) is 0 Å². The van der Waals surface area contributed by atoms with Crippen molar-refractivity contribution >= 4 is 27.7 Å². The van der Waals surface area contributed by atoms with Crippen molar-refractivity contribution < 1.29 is 19.1 Å². The van der Waals surface area contributed by atoms with Gasteiger partial charge < -0.3 is 9.47 Å². The molecule has 0 N–H and O–H groups in total. The van der Waals surface area contributed by atoms with E-state index in [4.69, 9.17) is 4.74 Å². The number of rotatable bonds is 8. The summed E-state index contributed by atoms with van der Waals surface area (Å²) in [7, 11) is 1.32. The average Bonchev–Trinajstić information content (AvgIpc) is 2.41. The van der Waals surface area contributed by atoms with Gasteiger partial charge >= 0.3 is 5.97 Å². The Balaban J connectivity index is 2.13. The fraction of sp³-hybridized carbons (Fsp3) is 0.429. The van der Waals surface area contributed by atoms with Gasteiger partial charge in [0, 0.05) is 17.3 Å². The Bertz CT molecular complexity index is 431. The third-order valence-corrected chi connectivity index (χ3v) is 2.99. The van der Waals surface area contributed by atoms with Crippen LogP contribution in [-0.2, 0) is 14.3 Å². The molecule has 0 atom stereocenters. The van der Waals surface area contributed by atoms with Crippen molar-refractivity contribution in [2.24, 2.45) is 0 Å². The number of ketones is 1. The minimum absolute atomic E-state index is 0.0586. The highest BCUT2D eigenvalue weighted by Gasteiger charge is 2.06. The van der Waals surface area contributed by atoms with E-state index < -0.39 is 0 Å². The predicted octanol–water partition coefficient (Wildman–Crippen LogP) is 3.13. The van der Waals surface area contributed by atoms with Gasteiger partial charge in [-0.1, -0.05) is 22.0 Å². The number of benzene rings is 1. The Morgan fingerprint density at radius 1 is 1.21 bits per heavy atom. The lowest BCUT2D eigenvalue weighted by molar-refractivity contribution is -0.141. The highest BCUT2D eigenvalue weighted by molar-refractivity contribution is 9.10. The summed E-state index contributed by atoms with van der Waals surface area (Å²) in [5.41, 5.74) is 0. The van der Waals surface area contributed by atoms with Crippen LogP contribution in [0.1, 0.15) is 25.7 Å². The lowest BCUT2D eigenvalue weighted by atomic mass is 10.1. The second-order valence-electron chi connectivity index (χ2n) is 4.02. The normalized spacial score (nSPS) is 10.0. The number of halogens is 1. The predicted molar refractivity (Wildman–Crippen MR) is 75.1 cm³/mol. The minimum atomic E-state index is -0.348. The standard InChI is InChI=1S/C14H17BrO4/c1-18-14(17)8-7-12(16)5-3-9-19-13-6-2-4-11(15)10-13/h2,4,6,10H,3,5,7-9H2,1H3. The zero-order valence-corrected chi connectivity index (χ0v) is 12.4. The van der Waals surface area contributed by atoms with E-state index in [2.05, 4.69) is 20.7 Å². The first-order chi connectivity index (χ1) is 9.11. The SMILES string of the molecule is COC(=O)CCC(=O)CCCOc1cccc(Br)c1. The number of carbonyl (C=O) groups excluding carboxylic acids is 2. The van der Waals surface area contributed by atoms with Crippen molar-refractivity contribution in [3.63, 3.8) is 0 Å². The van der Waals surface area contributed by atoms with E-state index in [1.807, 2.05) is 24.3 Å². The van der Waals surface area contributed by atoms with Gasteiger partial charge in [0.25, 0.3) is 0 Å². The van der Waals surface area contributed by atoms with Crippen LogP contribution in [0, 0.1) is 0 Å². The van der Waals surface area contributed by atoms with Gasteiger partial charge in [0.1, 0.15) is 11.5 Å². The number of hydrogen-bond donors (Lipinski definition) is 0. The molecule has 0 aliphatic rings. The lowest BCUT2D eigenvalue weighted by Gasteiger charge is -2.06. The molecule has 0 fully saturated rings. The van der Waals surface area contributed by atoms with Crippen LogP contribution in [0.2, 0.25) is 0 Å². The largest absolute Gasteiger partial charge is 0.494 e. The minimum Gasteiger partial charge on any atom is -0.494 e. The summed E-state index contributed by atoms with van der Waals surface area (Å²) < 4.78 is 10.9. The first-order valence-electron chi connectivity index (χ1n) is 6.08. The molecule has 0 unspecified atom stereocenters. The monoisotopic (exact) mass is 328 g/mol. The first kappa shape index (κ1) is 15.7. The van der Waals surface area contributed by atoms with Gasteiger partial charge in [-0.3, -0.25) is 9.59 Å². The number of methoxy groups -OCH3 is 1. The van der Waals surface area contributed by atoms with Crippen LogP contribution in [0.15, 0.2) is 28.7 Å². The first-order valence-corrected chi connectivity index (χ1v) is 6.88. The van der Waals surface area contributed by atoms with Gasteiger partial charge in [-0.25, -0.2) is 0 Å². The van der Waals surface area contributed by atoms with E-state index in [0.717, 1.165) is 10.2 Å². The molecule has 0 spiro atoms. The molecule has 5 heteroatoms. The molecule has 0 aliphatic carbocycles. The molecular formula is C14H17BrO4. The molecule has 0 aromatic heterocycles. The van der Waals surface area contributed by atoms with Crippen LogP contribution in [0.4, 0.5) is 0 Å². The molecular weight excluding hydrogens is 312 g/mol. The molecule has 0 saturated carbocycles. The van der Waals surface area contributed by atoms with Crippen molar-refractivity contribution in [3.8, 4) is 5.75 Å². The smallest absolute Gasteiger partial charge is 0.305 e. The third kappa shape index (κ3) is 6.96. The Labute approximate surface area is 121 Å². The van der Waals surface area contributed by atoms with Crippen molar-refractivity contribution in [1.82, 2.24) is 0 Å². The molecule has 1 aromatic carbocycles. The molecule has 19 heavy (non-hydrogen) atoms. The Kier molecular flexibility index (Phi) is 7.18. The summed E-state index contributed by atoms with van der Waals surface area (Å²) in [6.07, 6.45) is 1.46. The summed E-state index contributed by atoms with van der Waals surface area (Å²) in [5.74, 6) is 0.485. The van der Waals surface area contributed by atoms with E-state index in [1.165, 1.54) is 7.11 Å². The van der Waals surface area contributed by atoms with Gasteiger partial charge in [-0.05, 0) is 24.6 Å². The second kappa shape index (κ2) is 8.69. The molecule has 0 heterocycles. The van der Waals surface area contributed by atoms with Crippen molar-refractivity contribution in [1.29, 1.82) is 0 Å². The van der Waals surface area contributed by atoms with Crippen LogP contribution in [0.25, 0.3) is 0 Å². The molecule has 0 radical (unpaired) electrons. The zero-order chi connectivity index (χ0) is 14.1. The molecule has 0 bridgehead atoms. The fourth-order valence-corrected chi connectivity index (χ4v) is 1.86. The summed E-state index contributed by atoms with van der Waals surface area (Å²) in [5, 5.41) is 0. The van der Waals surface area contributed by atoms with Crippen molar-refractivity contribution in [2.75, 3.05) is 13.7 Å². The number of hydrogen-bond acceptors (Lipinski definition) is 4. The van der Waals surface area contributed by atoms with Crippen LogP contribution < -0.4 is 4.74 Å². The quantitative estimate of drug-likeness (QED) is 0.543. The van der Waals surface area contributed by atoms with Gasteiger partial charge in [-0.2, -0.15) is 0 Å². The maximum Gasteiger partial charge on any atom is 0.305 e. The van der Waals surface area contributed by atoms with E-state index in [9.17, 15) is 9.59 Å². The molecule has 0 aliphatic heterocycles. The highest BCUT2D eigenvalue weighted by Crippen LogP contribution is 2.17. The van der Waals surface area contributed by atoms with Gasteiger partial charge in [0.2, 0.25) is 0 Å². The Hall–Kier alpha value is -1.36. The van der Waals surface area contributed by atoms with Crippen molar-refractivity contribution in [2.45, 2.75) is 25.7 Å². The fourth-order valence-electron chi connectivity index (χ4n) is 1.48. The zero-order valence-electron chi connectivity index (χ0n) is 10.9. The summed E-state index contributed by atoms with van der Waals surface area (Å²) in [4.78, 5) is 22.3. The Morgan fingerprint density at radius 2 is 2.00 bits per heavy atom. The maximum absolute atomic E-state index is 11.5. The molecule has 4 nitrogen and oxygen atoms in total. The average molecular weight is 329 g/mol. The molecule has 0 amide bonds. The lowest BCUT2D eigenvalue weighted by Crippen LogP contribution is -2.07.